The topological polar surface area (TPSA) is 79.5 Å². The second-order valence-electron chi connectivity index (χ2n) is 5.97. The molecule has 7 nitrogen and oxygen atoms in total. The molecule has 1 aliphatic carbocycles. The average molecular weight is 352 g/mol. The van der Waals surface area contributed by atoms with Crippen LogP contribution in [0.3, 0.4) is 0 Å². The van der Waals surface area contributed by atoms with Crippen LogP contribution >= 0.6 is 11.3 Å². The van der Waals surface area contributed by atoms with E-state index in [1.165, 1.54) is 15.9 Å². The van der Waals surface area contributed by atoms with Crippen molar-refractivity contribution < 1.29 is 14.3 Å². The molecule has 130 valence electrons. The fraction of sp³-hybridized carbons (Fsp3) is 0.562. The van der Waals surface area contributed by atoms with Gasteiger partial charge < -0.3 is 9.47 Å². The number of aryl methyl sites for hydroxylation is 1. The number of nitrogens with zero attached hydrogens (tertiary/aromatic N) is 2. The van der Waals surface area contributed by atoms with Crippen LogP contribution in [0.25, 0.3) is 10.2 Å². The molecule has 0 amide bonds. The zero-order valence-electron chi connectivity index (χ0n) is 13.9. The highest BCUT2D eigenvalue weighted by Gasteiger charge is 2.34. The van der Waals surface area contributed by atoms with E-state index < -0.39 is 0 Å². The normalized spacial score (nSPS) is 20.3. The van der Waals surface area contributed by atoms with Gasteiger partial charge in [0.1, 0.15) is 4.83 Å². The fourth-order valence-corrected chi connectivity index (χ4v) is 4.27. The zero-order valence-corrected chi connectivity index (χ0v) is 14.7. The van der Waals surface area contributed by atoms with Crippen LogP contribution in [-0.2, 0) is 16.0 Å². The lowest BCUT2D eigenvalue weighted by molar-refractivity contribution is 0.00357. The number of aldehydes is 1. The van der Waals surface area contributed by atoms with E-state index in [1.54, 1.807) is 25.7 Å². The molecule has 8 heteroatoms. The smallest absolute Gasteiger partial charge is 0.332 e. The van der Waals surface area contributed by atoms with E-state index in [-0.39, 0.29) is 23.4 Å². The van der Waals surface area contributed by atoms with E-state index in [0.29, 0.717) is 46.7 Å². The summed E-state index contributed by atoms with van der Waals surface area (Å²) in [6, 6.07) is -0.160. The summed E-state index contributed by atoms with van der Waals surface area (Å²) in [5.74, 6) is 0. The molecule has 0 radical (unpaired) electrons. The minimum absolute atomic E-state index is 0.0820. The molecular formula is C16H20N2O5S. The van der Waals surface area contributed by atoms with Gasteiger partial charge in [-0.1, -0.05) is 0 Å². The van der Waals surface area contributed by atoms with Crippen molar-refractivity contribution in [2.24, 2.45) is 0 Å². The average Bonchev–Trinajstić information content (AvgIpc) is 2.86. The largest absolute Gasteiger partial charge is 0.383 e. The van der Waals surface area contributed by atoms with Crippen LogP contribution in [0.5, 0.6) is 0 Å². The Bertz CT molecular complexity index is 888. The summed E-state index contributed by atoms with van der Waals surface area (Å²) in [5, 5.41) is 0.457. The molecule has 1 fully saturated rings. The lowest BCUT2D eigenvalue weighted by Gasteiger charge is -2.35. The molecule has 0 unspecified atom stereocenters. The Labute approximate surface area is 142 Å². The van der Waals surface area contributed by atoms with E-state index >= 15 is 0 Å². The third kappa shape index (κ3) is 2.54. The van der Waals surface area contributed by atoms with E-state index in [1.807, 2.05) is 0 Å². The molecule has 24 heavy (non-hydrogen) atoms. The Morgan fingerprint density at radius 1 is 1.29 bits per heavy atom. The Balaban J connectivity index is 2.24. The minimum Gasteiger partial charge on any atom is -0.383 e. The molecule has 0 atom stereocenters. The van der Waals surface area contributed by atoms with Crippen molar-refractivity contribution in [3.8, 4) is 0 Å². The predicted octanol–water partition coefficient (Wildman–Crippen LogP) is 1.34. The molecule has 0 spiro atoms. The van der Waals surface area contributed by atoms with Crippen molar-refractivity contribution in [3.63, 3.8) is 0 Å². The van der Waals surface area contributed by atoms with Gasteiger partial charge >= 0.3 is 5.69 Å². The standard InChI is InChI=1S/C16H20N2O5S/c1-9-12(8-19)24-15-13(9)14(20)18(10-6-11(7-10)23-3)16(21)17(15)4-5-22-2/h8,10-11H,4-7H2,1-3H3/t10-,11+. The molecular weight excluding hydrogens is 332 g/mol. The lowest BCUT2D eigenvalue weighted by Crippen LogP contribution is -2.47. The van der Waals surface area contributed by atoms with Crippen LogP contribution in [0.2, 0.25) is 0 Å². The second kappa shape index (κ2) is 6.62. The van der Waals surface area contributed by atoms with Gasteiger partial charge in [-0.15, -0.1) is 11.3 Å². The van der Waals surface area contributed by atoms with Crippen LogP contribution in [0.1, 0.15) is 34.1 Å². The first-order valence-corrected chi connectivity index (χ1v) is 8.60. The highest BCUT2D eigenvalue weighted by atomic mass is 32.1. The first-order chi connectivity index (χ1) is 11.5. The van der Waals surface area contributed by atoms with E-state index in [0.717, 1.165) is 6.29 Å². The van der Waals surface area contributed by atoms with Crippen LogP contribution in [0, 0.1) is 6.92 Å². The summed E-state index contributed by atoms with van der Waals surface area (Å²) >= 11 is 1.18. The maximum absolute atomic E-state index is 12.9. The summed E-state index contributed by atoms with van der Waals surface area (Å²) in [7, 11) is 3.19. The number of carbonyl (C=O) groups excluding carboxylic acids is 1. The molecule has 0 aromatic carbocycles. The van der Waals surface area contributed by atoms with Crippen molar-refractivity contribution >= 4 is 27.8 Å². The van der Waals surface area contributed by atoms with Gasteiger partial charge in [-0.05, 0) is 25.3 Å². The number of aromatic nitrogens is 2. The fourth-order valence-electron chi connectivity index (χ4n) is 3.14. The number of carbonyl (C=O) groups is 1. The molecule has 1 saturated carbocycles. The van der Waals surface area contributed by atoms with Crippen molar-refractivity contribution in [1.29, 1.82) is 0 Å². The van der Waals surface area contributed by atoms with E-state index in [4.69, 9.17) is 9.47 Å². The molecule has 0 aliphatic heterocycles. The van der Waals surface area contributed by atoms with Crippen molar-refractivity contribution in [2.75, 3.05) is 20.8 Å². The number of thiophene rings is 1. The first kappa shape index (κ1) is 17.1. The zero-order chi connectivity index (χ0) is 17.4. The van der Waals surface area contributed by atoms with Gasteiger partial charge in [0.2, 0.25) is 0 Å². The Hall–Kier alpha value is -1.77. The second-order valence-corrected chi connectivity index (χ2v) is 7.01. The predicted molar refractivity (Wildman–Crippen MR) is 91.4 cm³/mol. The van der Waals surface area contributed by atoms with Gasteiger partial charge in [0.15, 0.2) is 6.29 Å². The van der Waals surface area contributed by atoms with Crippen LogP contribution in [0.15, 0.2) is 9.59 Å². The summed E-state index contributed by atoms with van der Waals surface area (Å²) in [6.07, 6.45) is 2.11. The van der Waals surface area contributed by atoms with Crippen molar-refractivity contribution in [2.45, 2.75) is 38.5 Å². The van der Waals surface area contributed by atoms with Crippen molar-refractivity contribution in [1.82, 2.24) is 9.13 Å². The molecule has 2 aromatic rings. The Morgan fingerprint density at radius 2 is 2.00 bits per heavy atom. The first-order valence-electron chi connectivity index (χ1n) is 7.78. The lowest BCUT2D eigenvalue weighted by atomic mass is 9.89. The third-order valence-corrected chi connectivity index (χ3v) is 5.91. The van der Waals surface area contributed by atoms with Crippen molar-refractivity contribution in [3.05, 3.63) is 31.3 Å². The maximum Gasteiger partial charge on any atom is 0.332 e. The third-order valence-electron chi connectivity index (χ3n) is 4.67. The minimum atomic E-state index is -0.345. The monoisotopic (exact) mass is 352 g/mol. The van der Waals surface area contributed by atoms with Gasteiger partial charge in [0, 0.05) is 20.3 Å². The number of hydrogen-bond donors (Lipinski definition) is 0. The number of fused-ring (bicyclic) bond motifs is 1. The SMILES string of the molecule is COCCn1c(=O)n([C@H]2C[C@@H](OC)C2)c(=O)c2c(C)c(C=O)sc21. The van der Waals surface area contributed by atoms with Gasteiger partial charge in [-0.25, -0.2) is 4.79 Å². The van der Waals surface area contributed by atoms with Gasteiger partial charge in [0.05, 0.1) is 29.5 Å². The summed E-state index contributed by atoms with van der Waals surface area (Å²) in [6.45, 7) is 2.44. The van der Waals surface area contributed by atoms with Crippen LogP contribution in [0.4, 0.5) is 0 Å². The van der Waals surface area contributed by atoms with Crippen LogP contribution in [-0.4, -0.2) is 42.4 Å². The molecule has 2 heterocycles. The highest BCUT2D eigenvalue weighted by molar-refractivity contribution is 7.20. The highest BCUT2D eigenvalue weighted by Crippen LogP contribution is 2.33. The van der Waals surface area contributed by atoms with E-state index in [9.17, 15) is 14.4 Å². The quantitative estimate of drug-likeness (QED) is 0.733. The molecule has 0 N–H and O–H groups in total. The summed E-state index contributed by atoms with van der Waals surface area (Å²) < 4.78 is 13.2. The summed E-state index contributed by atoms with van der Waals surface area (Å²) in [5.41, 5.74) is -0.0228. The molecule has 0 saturated heterocycles. The number of rotatable bonds is 6. The molecule has 2 aromatic heterocycles. The summed E-state index contributed by atoms with van der Waals surface area (Å²) in [4.78, 5) is 38.1. The Kier molecular flexibility index (Phi) is 4.71. The maximum atomic E-state index is 12.9. The molecule has 1 aliphatic rings. The van der Waals surface area contributed by atoms with Crippen LogP contribution < -0.4 is 11.2 Å². The molecule has 0 bridgehead atoms. The number of hydrogen-bond acceptors (Lipinski definition) is 6. The molecule has 3 rings (SSSR count). The van der Waals surface area contributed by atoms with E-state index in [2.05, 4.69) is 0 Å². The van der Waals surface area contributed by atoms with Gasteiger partial charge in [0.25, 0.3) is 5.56 Å². The van der Waals surface area contributed by atoms with Gasteiger partial charge in [-0.2, -0.15) is 0 Å². The number of methoxy groups -OCH3 is 2. The Morgan fingerprint density at radius 3 is 2.58 bits per heavy atom. The number of ether oxygens (including phenoxy) is 2. The van der Waals surface area contributed by atoms with Gasteiger partial charge in [-0.3, -0.25) is 18.7 Å².